The quantitative estimate of drug-likeness (QED) is 0.732. The van der Waals surface area contributed by atoms with Crippen molar-refractivity contribution in [3.8, 4) is 5.75 Å². The SMILES string of the molecule is CCC12CCC3(CC1(NC)CCOc1cc(C(=O)Nc4cccnc4C)ccc12)OCCO3. The minimum atomic E-state index is -0.506. The molecule has 2 aliphatic heterocycles. The van der Waals surface area contributed by atoms with E-state index in [0.29, 0.717) is 31.1 Å². The van der Waals surface area contributed by atoms with Gasteiger partial charge in [-0.25, -0.2) is 0 Å². The Hall–Kier alpha value is -2.48. The van der Waals surface area contributed by atoms with Crippen LogP contribution in [-0.4, -0.2) is 49.1 Å². The number of nitrogens with one attached hydrogen (secondary N) is 2. The molecular formula is C26H33N3O4. The van der Waals surface area contributed by atoms with Gasteiger partial charge in [0.25, 0.3) is 5.91 Å². The zero-order chi connectivity index (χ0) is 23.1. The van der Waals surface area contributed by atoms with Crippen molar-refractivity contribution < 1.29 is 19.0 Å². The fraction of sp³-hybridized carbons (Fsp3) is 0.538. The monoisotopic (exact) mass is 451 g/mol. The van der Waals surface area contributed by atoms with Gasteiger partial charge in [-0.3, -0.25) is 9.78 Å². The molecule has 1 aromatic heterocycles. The number of likely N-dealkylation sites (N-methyl/N-ethyl adjacent to an activating group) is 1. The predicted molar refractivity (Wildman–Crippen MR) is 126 cm³/mol. The fourth-order valence-corrected chi connectivity index (χ4v) is 6.31. The van der Waals surface area contributed by atoms with E-state index in [-0.39, 0.29) is 16.9 Å². The lowest BCUT2D eigenvalue weighted by Gasteiger charge is -2.57. The zero-order valence-corrected chi connectivity index (χ0v) is 19.7. The summed E-state index contributed by atoms with van der Waals surface area (Å²) in [7, 11) is 2.04. The van der Waals surface area contributed by atoms with Gasteiger partial charge in [0.15, 0.2) is 5.79 Å². The smallest absolute Gasteiger partial charge is 0.255 e. The summed E-state index contributed by atoms with van der Waals surface area (Å²) < 4.78 is 18.6. The Kier molecular flexibility index (Phi) is 5.67. The van der Waals surface area contributed by atoms with E-state index >= 15 is 0 Å². The van der Waals surface area contributed by atoms with E-state index in [1.807, 2.05) is 38.2 Å². The summed E-state index contributed by atoms with van der Waals surface area (Å²) in [5.41, 5.74) is 2.89. The molecule has 2 unspecified atom stereocenters. The van der Waals surface area contributed by atoms with Crippen LogP contribution in [0, 0.1) is 6.92 Å². The number of amides is 1. The average molecular weight is 452 g/mol. The Labute approximate surface area is 195 Å². The van der Waals surface area contributed by atoms with Crippen molar-refractivity contribution in [1.82, 2.24) is 10.3 Å². The minimum absolute atomic E-state index is 0.136. The normalized spacial score (nSPS) is 27.8. The predicted octanol–water partition coefficient (Wildman–Crippen LogP) is 3.96. The van der Waals surface area contributed by atoms with Crippen LogP contribution in [-0.2, 0) is 14.9 Å². The van der Waals surface area contributed by atoms with Crippen LogP contribution in [0.1, 0.15) is 60.6 Å². The second-order valence-corrected chi connectivity index (χ2v) is 9.45. The number of benzene rings is 1. The molecule has 0 radical (unpaired) electrons. The summed E-state index contributed by atoms with van der Waals surface area (Å²) in [6.45, 7) is 6.01. The van der Waals surface area contributed by atoms with E-state index in [1.54, 1.807) is 6.20 Å². The molecule has 176 valence electrons. The zero-order valence-electron chi connectivity index (χ0n) is 19.7. The number of carbonyl (C=O) groups is 1. The highest BCUT2D eigenvalue weighted by atomic mass is 16.7. The molecule has 2 N–H and O–H groups in total. The molecular weight excluding hydrogens is 418 g/mol. The topological polar surface area (TPSA) is 81.7 Å². The van der Waals surface area contributed by atoms with Gasteiger partial charge in [0, 0.05) is 47.5 Å². The molecule has 1 aromatic carbocycles. The number of carbonyl (C=O) groups excluding carboxylic acids is 1. The van der Waals surface area contributed by atoms with E-state index in [4.69, 9.17) is 14.2 Å². The van der Waals surface area contributed by atoms with Gasteiger partial charge < -0.3 is 24.8 Å². The number of fused-ring (bicyclic) bond motifs is 3. The molecule has 2 fully saturated rings. The van der Waals surface area contributed by atoms with Gasteiger partial charge in [0.1, 0.15) is 5.75 Å². The Bertz CT molecular complexity index is 1050. The van der Waals surface area contributed by atoms with Crippen LogP contribution in [0.3, 0.4) is 0 Å². The van der Waals surface area contributed by atoms with E-state index in [1.165, 1.54) is 5.56 Å². The summed E-state index contributed by atoms with van der Waals surface area (Å²) in [6, 6.07) is 9.58. The second kappa shape index (κ2) is 8.38. The Morgan fingerprint density at radius 3 is 2.67 bits per heavy atom. The van der Waals surface area contributed by atoms with Crippen molar-refractivity contribution in [1.29, 1.82) is 0 Å². The molecule has 1 aliphatic carbocycles. The number of hydrogen-bond donors (Lipinski definition) is 2. The summed E-state index contributed by atoms with van der Waals surface area (Å²) in [5.74, 6) is 0.129. The molecule has 2 aromatic rings. The van der Waals surface area contributed by atoms with Crippen LogP contribution < -0.4 is 15.4 Å². The number of pyridine rings is 1. The lowest BCUT2D eigenvalue weighted by molar-refractivity contribution is -0.207. The third-order valence-corrected chi connectivity index (χ3v) is 8.12. The van der Waals surface area contributed by atoms with Crippen molar-refractivity contribution in [2.24, 2.45) is 0 Å². The molecule has 33 heavy (non-hydrogen) atoms. The lowest BCUT2D eigenvalue weighted by atomic mass is 9.54. The molecule has 7 heteroatoms. The fourth-order valence-electron chi connectivity index (χ4n) is 6.31. The first-order valence-electron chi connectivity index (χ1n) is 11.9. The number of anilines is 1. The molecule has 1 amide bonds. The van der Waals surface area contributed by atoms with Crippen LogP contribution in [0.5, 0.6) is 5.75 Å². The molecule has 1 spiro atoms. The first kappa shape index (κ1) is 22.3. The highest BCUT2D eigenvalue weighted by molar-refractivity contribution is 6.04. The van der Waals surface area contributed by atoms with Gasteiger partial charge in [0.2, 0.25) is 0 Å². The highest BCUT2D eigenvalue weighted by Gasteiger charge is 2.61. The van der Waals surface area contributed by atoms with Gasteiger partial charge in [-0.2, -0.15) is 0 Å². The van der Waals surface area contributed by atoms with E-state index in [0.717, 1.165) is 43.5 Å². The molecule has 3 aliphatic rings. The van der Waals surface area contributed by atoms with Gasteiger partial charge >= 0.3 is 0 Å². The number of aryl methyl sites for hydroxylation is 1. The maximum absolute atomic E-state index is 13.0. The largest absolute Gasteiger partial charge is 0.493 e. The van der Waals surface area contributed by atoms with Crippen LogP contribution in [0.4, 0.5) is 5.69 Å². The third-order valence-electron chi connectivity index (χ3n) is 8.12. The molecule has 2 atom stereocenters. The number of nitrogens with zero attached hydrogens (tertiary/aromatic N) is 1. The highest BCUT2D eigenvalue weighted by Crippen LogP contribution is 2.57. The van der Waals surface area contributed by atoms with Gasteiger partial charge in [0.05, 0.1) is 31.2 Å². The molecule has 1 saturated heterocycles. The van der Waals surface area contributed by atoms with Gasteiger partial charge in [-0.15, -0.1) is 0 Å². The van der Waals surface area contributed by atoms with Crippen LogP contribution in [0.2, 0.25) is 0 Å². The molecule has 7 nitrogen and oxygen atoms in total. The minimum Gasteiger partial charge on any atom is -0.493 e. The summed E-state index contributed by atoms with van der Waals surface area (Å²) in [5, 5.41) is 6.67. The summed E-state index contributed by atoms with van der Waals surface area (Å²) >= 11 is 0. The Morgan fingerprint density at radius 2 is 1.94 bits per heavy atom. The van der Waals surface area contributed by atoms with E-state index < -0.39 is 5.79 Å². The number of rotatable bonds is 4. The van der Waals surface area contributed by atoms with Crippen molar-refractivity contribution >= 4 is 11.6 Å². The third kappa shape index (κ3) is 3.54. The second-order valence-electron chi connectivity index (χ2n) is 9.45. The first-order valence-corrected chi connectivity index (χ1v) is 11.9. The van der Waals surface area contributed by atoms with Crippen molar-refractivity contribution in [3.63, 3.8) is 0 Å². The maximum atomic E-state index is 13.0. The van der Waals surface area contributed by atoms with Crippen molar-refractivity contribution in [2.45, 2.75) is 62.7 Å². The van der Waals surface area contributed by atoms with Crippen molar-refractivity contribution in [3.05, 3.63) is 53.3 Å². The molecule has 3 heterocycles. The van der Waals surface area contributed by atoms with Gasteiger partial charge in [-0.1, -0.05) is 13.0 Å². The van der Waals surface area contributed by atoms with Crippen LogP contribution >= 0.6 is 0 Å². The Balaban J connectivity index is 1.50. The molecule has 0 bridgehead atoms. The first-order chi connectivity index (χ1) is 16.0. The summed E-state index contributed by atoms with van der Waals surface area (Å²) in [4.78, 5) is 17.3. The standard InChI is InChI=1S/C26H33N3O4/c1-4-24-9-10-26(32-14-15-33-26)17-25(24,27-3)11-13-31-22-16-19(7-8-20(22)24)23(30)29-21-6-5-12-28-18(21)2/h5-8,12,16,27H,4,9-11,13-15,17H2,1-3H3,(H,29,30). The number of hydrogen-bond acceptors (Lipinski definition) is 6. The van der Waals surface area contributed by atoms with Crippen LogP contribution in [0.15, 0.2) is 36.5 Å². The molecule has 1 saturated carbocycles. The van der Waals surface area contributed by atoms with Crippen LogP contribution in [0.25, 0.3) is 0 Å². The van der Waals surface area contributed by atoms with Crippen molar-refractivity contribution in [2.75, 3.05) is 32.2 Å². The number of ether oxygens (including phenoxy) is 3. The maximum Gasteiger partial charge on any atom is 0.255 e. The summed E-state index contributed by atoms with van der Waals surface area (Å²) in [6.07, 6.45) is 6.09. The van der Waals surface area contributed by atoms with E-state index in [9.17, 15) is 4.79 Å². The Morgan fingerprint density at radius 1 is 1.12 bits per heavy atom. The van der Waals surface area contributed by atoms with Gasteiger partial charge in [-0.05, 0) is 51.1 Å². The average Bonchev–Trinajstić information content (AvgIpc) is 3.23. The molecule has 5 rings (SSSR count). The van der Waals surface area contributed by atoms with E-state index in [2.05, 4.69) is 28.6 Å². The lowest BCUT2D eigenvalue weighted by Crippen LogP contribution is -2.66. The number of aromatic nitrogens is 1.